The largest absolute Gasteiger partial charge is 0.257 e. The van der Waals surface area contributed by atoms with Gasteiger partial charge >= 0.3 is 0 Å². The summed E-state index contributed by atoms with van der Waals surface area (Å²) in [4.78, 5) is 4.44. The molecule has 18 heavy (non-hydrogen) atoms. The standard InChI is InChI=1S/C17H17N/c1-3-15-12-13-18-17(16(15)4-2)11-10-14-8-6-5-7-9-14/h3,5-13H,1,4H2,2H3. The molecule has 0 radical (unpaired) electrons. The molecule has 0 N–H and O–H groups in total. The maximum Gasteiger partial charge on any atom is 0.0667 e. The van der Waals surface area contributed by atoms with Gasteiger partial charge in [0.1, 0.15) is 0 Å². The number of hydrogen-bond acceptors (Lipinski definition) is 1. The summed E-state index contributed by atoms with van der Waals surface area (Å²) in [5, 5.41) is 0. The summed E-state index contributed by atoms with van der Waals surface area (Å²) in [5.41, 5.74) is 4.63. The second-order valence-electron chi connectivity index (χ2n) is 4.07. The van der Waals surface area contributed by atoms with Crippen LogP contribution >= 0.6 is 0 Å². The number of rotatable bonds is 4. The Morgan fingerprint density at radius 1 is 1.11 bits per heavy atom. The highest BCUT2D eigenvalue weighted by Crippen LogP contribution is 2.17. The summed E-state index contributed by atoms with van der Waals surface area (Å²) >= 11 is 0. The highest BCUT2D eigenvalue weighted by Gasteiger charge is 2.02. The van der Waals surface area contributed by atoms with E-state index < -0.39 is 0 Å². The first-order valence-corrected chi connectivity index (χ1v) is 6.18. The average Bonchev–Trinajstić information content (AvgIpc) is 2.45. The molecule has 1 nitrogen and oxygen atoms in total. The molecule has 0 amide bonds. The lowest BCUT2D eigenvalue weighted by molar-refractivity contribution is 1.08. The van der Waals surface area contributed by atoms with E-state index in [9.17, 15) is 0 Å². The molecule has 1 heterocycles. The number of hydrogen-bond donors (Lipinski definition) is 0. The summed E-state index contributed by atoms with van der Waals surface area (Å²) in [6.45, 7) is 5.99. The van der Waals surface area contributed by atoms with Crippen molar-refractivity contribution in [2.75, 3.05) is 0 Å². The molecular weight excluding hydrogens is 218 g/mol. The van der Waals surface area contributed by atoms with Gasteiger partial charge in [0.2, 0.25) is 0 Å². The molecule has 1 aromatic carbocycles. The average molecular weight is 235 g/mol. The summed E-state index contributed by atoms with van der Waals surface area (Å²) < 4.78 is 0. The van der Waals surface area contributed by atoms with Gasteiger partial charge in [0.05, 0.1) is 5.69 Å². The van der Waals surface area contributed by atoms with Gasteiger partial charge in [-0.15, -0.1) is 0 Å². The number of nitrogens with zero attached hydrogens (tertiary/aromatic N) is 1. The fourth-order valence-corrected chi connectivity index (χ4v) is 1.98. The van der Waals surface area contributed by atoms with Gasteiger partial charge in [-0.2, -0.15) is 0 Å². The molecule has 1 heteroatoms. The van der Waals surface area contributed by atoms with Crippen LogP contribution in [0.2, 0.25) is 0 Å². The molecule has 0 atom stereocenters. The third-order valence-corrected chi connectivity index (χ3v) is 2.93. The Bertz CT molecular complexity index is 553. The first-order valence-electron chi connectivity index (χ1n) is 6.18. The van der Waals surface area contributed by atoms with Crippen molar-refractivity contribution in [1.29, 1.82) is 0 Å². The molecule has 0 fully saturated rings. The van der Waals surface area contributed by atoms with Gasteiger partial charge < -0.3 is 0 Å². The predicted molar refractivity (Wildman–Crippen MR) is 79.1 cm³/mol. The molecule has 2 aromatic rings. The third kappa shape index (κ3) is 2.75. The van der Waals surface area contributed by atoms with Gasteiger partial charge in [-0.3, -0.25) is 4.98 Å². The van der Waals surface area contributed by atoms with Crippen LogP contribution in [0.25, 0.3) is 18.2 Å². The van der Waals surface area contributed by atoms with E-state index in [-0.39, 0.29) is 0 Å². The van der Waals surface area contributed by atoms with Gasteiger partial charge in [-0.05, 0) is 35.3 Å². The van der Waals surface area contributed by atoms with Crippen molar-refractivity contribution >= 4 is 18.2 Å². The first-order chi connectivity index (χ1) is 8.85. The zero-order valence-electron chi connectivity index (χ0n) is 10.6. The maximum absolute atomic E-state index is 4.44. The van der Waals surface area contributed by atoms with Crippen LogP contribution in [0.15, 0.2) is 49.2 Å². The molecule has 0 aliphatic rings. The van der Waals surface area contributed by atoms with Gasteiger partial charge in [-0.25, -0.2) is 0 Å². The highest BCUT2D eigenvalue weighted by atomic mass is 14.7. The fraction of sp³-hybridized carbons (Fsp3) is 0.118. The number of aromatic nitrogens is 1. The van der Waals surface area contributed by atoms with Crippen LogP contribution in [0.4, 0.5) is 0 Å². The summed E-state index contributed by atoms with van der Waals surface area (Å²) in [7, 11) is 0. The normalized spacial score (nSPS) is 10.7. The molecular formula is C17H17N. The Morgan fingerprint density at radius 3 is 2.56 bits per heavy atom. The lowest BCUT2D eigenvalue weighted by atomic mass is 10.0. The number of pyridine rings is 1. The SMILES string of the molecule is C=Cc1ccnc(C=Cc2ccccc2)c1CC. The summed E-state index contributed by atoms with van der Waals surface area (Å²) in [5.74, 6) is 0. The van der Waals surface area contributed by atoms with Gasteiger partial charge in [0.15, 0.2) is 0 Å². The molecule has 1 aromatic heterocycles. The molecule has 2 rings (SSSR count). The van der Waals surface area contributed by atoms with Crippen LogP contribution in [0, 0.1) is 0 Å². The Kier molecular flexibility index (Phi) is 4.08. The van der Waals surface area contributed by atoms with Crippen LogP contribution in [-0.2, 0) is 6.42 Å². The van der Waals surface area contributed by atoms with Crippen molar-refractivity contribution in [3.05, 3.63) is 71.6 Å². The van der Waals surface area contributed by atoms with Crippen LogP contribution < -0.4 is 0 Å². The minimum atomic E-state index is 0.962. The Balaban J connectivity index is 2.35. The molecule has 0 saturated carbocycles. The van der Waals surface area contributed by atoms with E-state index in [1.165, 1.54) is 16.7 Å². The molecule has 90 valence electrons. The van der Waals surface area contributed by atoms with Crippen molar-refractivity contribution in [3.8, 4) is 0 Å². The molecule has 0 saturated heterocycles. The summed E-state index contributed by atoms with van der Waals surface area (Å²) in [6.07, 6.45) is 8.85. The molecule has 0 unspecified atom stereocenters. The van der Waals surface area contributed by atoms with E-state index in [2.05, 4.69) is 42.8 Å². The zero-order chi connectivity index (χ0) is 12.8. The van der Waals surface area contributed by atoms with E-state index in [1.807, 2.05) is 36.5 Å². The topological polar surface area (TPSA) is 12.9 Å². The second-order valence-corrected chi connectivity index (χ2v) is 4.07. The van der Waals surface area contributed by atoms with Gasteiger partial charge in [-0.1, -0.05) is 56.0 Å². The summed E-state index contributed by atoms with van der Waals surface area (Å²) in [6, 6.07) is 12.3. The van der Waals surface area contributed by atoms with E-state index >= 15 is 0 Å². The Hall–Kier alpha value is -2.15. The van der Waals surface area contributed by atoms with Crippen molar-refractivity contribution in [2.24, 2.45) is 0 Å². The zero-order valence-corrected chi connectivity index (χ0v) is 10.6. The van der Waals surface area contributed by atoms with Crippen LogP contribution in [-0.4, -0.2) is 4.98 Å². The third-order valence-electron chi connectivity index (χ3n) is 2.93. The van der Waals surface area contributed by atoms with Crippen molar-refractivity contribution in [2.45, 2.75) is 13.3 Å². The van der Waals surface area contributed by atoms with E-state index in [4.69, 9.17) is 0 Å². The lowest BCUT2D eigenvalue weighted by Gasteiger charge is -2.06. The fourth-order valence-electron chi connectivity index (χ4n) is 1.98. The molecule has 0 aliphatic carbocycles. The Labute approximate surface area is 109 Å². The molecule has 0 bridgehead atoms. The maximum atomic E-state index is 4.44. The van der Waals surface area contributed by atoms with Crippen molar-refractivity contribution < 1.29 is 0 Å². The second kappa shape index (κ2) is 5.97. The quantitative estimate of drug-likeness (QED) is 0.762. The highest BCUT2D eigenvalue weighted by molar-refractivity contribution is 5.71. The lowest BCUT2D eigenvalue weighted by Crippen LogP contribution is -1.94. The minimum Gasteiger partial charge on any atom is -0.257 e. The predicted octanol–water partition coefficient (Wildman–Crippen LogP) is 4.46. The Morgan fingerprint density at radius 2 is 1.89 bits per heavy atom. The van der Waals surface area contributed by atoms with Crippen LogP contribution in [0.3, 0.4) is 0 Å². The van der Waals surface area contributed by atoms with Gasteiger partial charge in [0, 0.05) is 6.20 Å². The monoisotopic (exact) mass is 235 g/mol. The van der Waals surface area contributed by atoms with Gasteiger partial charge in [0.25, 0.3) is 0 Å². The van der Waals surface area contributed by atoms with E-state index in [1.54, 1.807) is 0 Å². The van der Waals surface area contributed by atoms with E-state index in [0.717, 1.165) is 12.1 Å². The molecule has 0 aliphatic heterocycles. The minimum absolute atomic E-state index is 0.962. The van der Waals surface area contributed by atoms with Crippen molar-refractivity contribution in [1.82, 2.24) is 4.98 Å². The number of benzene rings is 1. The van der Waals surface area contributed by atoms with E-state index in [0.29, 0.717) is 0 Å². The first kappa shape index (κ1) is 12.3. The molecule has 0 spiro atoms. The van der Waals surface area contributed by atoms with Crippen molar-refractivity contribution in [3.63, 3.8) is 0 Å². The van der Waals surface area contributed by atoms with Crippen LogP contribution in [0.5, 0.6) is 0 Å². The smallest absolute Gasteiger partial charge is 0.0667 e. The van der Waals surface area contributed by atoms with Crippen LogP contribution in [0.1, 0.15) is 29.3 Å².